The molecular weight excluding hydrogens is 281 g/mol. The summed E-state index contributed by atoms with van der Waals surface area (Å²) < 4.78 is 44.2. The molecule has 98 valence electrons. The quantitative estimate of drug-likeness (QED) is 0.869. The molecule has 1 atom stereocenters. The minimum absolute atomic E-state index is 0.0132. The topological polar surface area (TPSA) is 55.4 Å². The van der Waals surface area contributed by atoms with E-state index in [1.165, 1.54) is 6.07 Å². The largest absolute Gasteiger partial charge is 0.376 e. The highest BCUT2D eigenvalue weighted by Gasteiger charge is 2.25. The fourth-order valence-electron chi connectivity index (χ4n) is 1.51. The number of rotatable bonds is 3. The van der Waals surface area contributed by atoms with Crippen molar-refractivity contribution in [3.8, 4) is 0 Å². The van der Waals surface area contributed by atoms with Crippen LogP contribution in [0.5, 0.6) is 0 Å². The Kier molecular flexibility index (Phi) is 3.89. The zero-order valence-corrected chi connectivity index (χ0v) is 10.8. The van der Waals surface area contributed by atoms with Crippen LogP contribution in [0, 0.1) is 5.82 Å². The van der Waals surface area contributed by atoms with Crippen molar-refractivity contribution >= 4 is 27.3 Å². The zero-order chi connectivity index (χ0) is 13.2. The molecule has 1 aromatic rings. The molecule has 1 aliphatic heterocycles. The third-order valence-corrected chi connectivity index (χ3v) is 4.34. The Morgan fingerprint density at radius 2 is 2.22 bits per heavy atom. The van der Waals surface area contributed by atoms with Crippen LogP contribution in [0.3, 0.4) is 0 Å². The van der Waals surface area contributed by atoms with Gasteiger partial charge in [-0.15, -0.1) is 0 Å². The average Bonchev–Trinajstić information content (AvgIpc) is 2.34. The van der Waals surface area contributed by atoms with Gasteiger partial charge in [0.25, 0.3) is 0 Å². The highest BCUT2D eigenvalue weighted by molar-refractivity contribution is 7.93. The number of hydrogen-bond donors (Lipinski definition) is 1. The van der Waals surface area contributed by atoms with Gasteiger partial charge in [0.2, 0.25) is 10.0 Å². The summed E-state index contributed by atoms with van der Waals surface area (Å²) in [6.07, 6.45) is 3.20. The number of halogens is 2. The standard InChI is InChI=1S/C11H11ClFNO3S/c12-10-6-8(13)3-4-11(10)14-18(15,16)9-2-1-5-17-7-9/h1-4,6,9,14H,5,7H2/t9-/m0/s1. The van der Waals surface area contributed by atoms with Gasteiger partial charge >= 0.3 is 0 Å². The smallest absolute Gasteiger partial charge is 0.241 e. The van der Waals surface area contributed by atoms with Gasteiger partial charge in [-0.05, 0) is 18.2 Å². The van der Waals surface area contributed by atoms with Gasteiger partial charge in [-0.3, -0.25) is 4.72 Å². The summed E-state index contributed by atoms with van der Waals surface area (Å²) in [6.45, 7) is 0.494. The third kappa shape index (κ3) is 3.01. The van der Waals surface area contributed by atoms with Crippen molar-refractivity contribution in [3.63, 3.8) is 0 Å². The van der Waals surface area contributed by atoms with Gasteiger partial charge in [-0.2, -0.15) is 0 Å². The van der Waals surface area contributed by atoms with E-state index in [1.807, 2.05) is 0 Å². The molecular formula is C11H11ClFNO3S. The lowest BCUT2D eigenvalue weighted by Gasteiger charge is -2.19. The Morgan fingerprint density at radius 1 is 1.44 bits per heavy atom. The molecule has 1 aromatic carbocycles. The average molecular weight is 292 g/mol. The lowest BCUT2D eigenvalue weighted by molar-refractivity contribution is 0.160. The molecule has 1 heterocycles. The number of benzene rings is 1. The summed E-state index contributed by atoms with van der Waals surface area (Å²) in [4.78, 5) is 0. The second kappa shape index (κ2) is 5.26. The SMILES string of the molecule is O=S(=O)(Nc1ccc(F)cc1Cl)[C@H]1C=CCOC1. The van der Waals surface area contributed by atoms with Crippen molar-refractivity contribution in [2.45, 2.75) is 5.25 Å². The van der Waals surface area contributed by atoms with E-state index in [0.29, 0.717) is 6.61 Å². The Hall–Kier alpha value is -1.11. The highest BCUT2D eigenvalue weighted by atomic mass is 35.5. The number of nitrogens with one attached hydrogen (secondary N) is 1. The first-order chi connectivity index (χ1) is 8.49. The fraction of sp³-hybridized carbons (Fsp3) is 0.273. The summed E-state index contributed by atoms with van der Waals surface area (Å²) in [6, 6.07) is 3.46. The first-order valence-corrected chi connectivity index (χ1v) is 7.12. The van der Waals surface area contributed by atoms with E-state index in [2.05, 4.69) is 4.72 Å². The van der Waals surface area contributed by atoms with Crippen LogP contribution in [-0.4, -0.2) is 26.9 Å². The normalized spacial score (nSPS) is 19.8. The second-order valence-electron chi connectivity index (χ2n) is 3.78. The monoisotopic (exact) mass is 291 g/mol. The van der Waals surface area contributed by atoms with Crippen molar-refractivity contribution < 1.29 is 17.5 Å². The first kappa shape index (κ1) is 13.3. The molecule has 0 aromatic heterocycles. The fourth-order valence-corrected chi connectivity index (χ4v) is 3.01. The van der Waals surface area contributed by atoms with Crippen LogP contribution in [0.2, 0.25) is 5.02 Å². The Bertz CT molecular complexity index is 574. The van der Waals surface area contributed by atoms with Crippen molar-refractivity contribution in [1.29, 1.82) is 0 Å². The van der Waals surface area contributed by atoms with E-state index in [9.17, 15) is 12.8 Å². The summed E-state index contributed by atoms with van der Waals surface area (Å²) in [5.74, 6) is -0.524. The Labute approximate surface area is 109 Å². The summed E-state index contributed by atoms with van der Waals surface area (Å²) in [5.41, 5.74) is 0.150. The number of ether oxygens (including phenoxy) is 1. The molecule has 0 saturated heterocycles. The van der Waals surface area contributed by atoms with E-state index in [0.717, 1.165) is 12.1 Å². The van der Waals surface area contributed by atoms with Crippen LogP contribution in [0.15, 0.2) is 30.4 Å². The van der Waals surface area contributed by atoms with E-state index in [1.54, 1.807) is 12.2 Å². The first-order valence-electron chi connectivity index (χ1n) is 5.20. The molecule has 1 N–H and O–H groups in total. The van der Waals surface area contributed by atoms with Gasteiger partial charge < -0.3 is 4.74 Å². The van der Waals surface area contributed by atoms with Crippen LogP contribution in [0.25, 0.3) is 0 Å². The molecule has 0 bridgehead atoms. The molecule has 1 aliphatic rings. The maximum Gasteiger partial charge on any atom is 0.241 e. The lowest BCUT2D eigenvalue weighted by atomic mass is 10.3. The van der Waals surface area contributed by atoms with Crippen molar-refractivity contribution in [2.75, 3.05) is 17.9 Å². The molecule has 18 heavy (non-hydrogen) atoms. The van der Waals surface area contributed by atoms with Crippen molar-refractivity contribution in [3.05, 3.63) is 41.2 Å². The van der Waals surface area contributed by atoms with Gasteiger partial charge in [0, 0.05) is 0 Å². The maximum absolute atomic E-state index is 12.8. The van der Waals surface area contributed by atoms with Crippen molar-refractivity contribution in [2.24, 2.45) is 0 Å². The predicted octanol–water partition coefficient (Wildman–Crippen LogP) is 2.18. The highest BCUT2D eigenvalue weighted by Crippen LogP contribution is 2.24. The Morgan fingerprint density at radius 3 is 2.83 bits per heavy atom. The molecule has 2 rings (SSSR count). The Balaban J connectivity index is 2.22. The van der Waals surface area contributed by atoms with Crippen LogP contribution < -0.4 is 4.72 Å². The van der Waals surface area contributed by atoms with E-state index in [-0.39, 0.29) is 17.3 Å². The number of anilines is 1. The molecule has 0 aliphatic carbocycles. The van der Waals surface area contributed by atoms with Crippen LogP contribution in [0.4, 0.5) is 10.1 Å². The van der Waals surface area contributed by atoms with Gasteiger partial charge in [-0.25, -0.2) is 12.8 Å². The maximum atomic E-state index is 12.8. The zero-order valence-electron chi connectivity index (χ0n) is 9.27. The lowest BCUT2D eigenvalue weighted by Crippen LogP contribution is -2.32. The van der Waals surface area contributed by atoms with Gasteiger partial charge in [0.05, 0.1) is 23.9 Å². The summed E-state index contributed by atoms with van der Waals surface area (Å²) in [5, 5.41) is -0.758. The second-order valence-corrected chi connectivity index (χ2v) is 6.08. The molecule has 0 radical (unpaired) electrons. The van der Waals surface area contributed by atoms with Gasteiger partial charge in [0.1, 0.15) is 11.1 Å². The number of hydrogen-bond acceptors (Lipinski definition) is 3. The molecule has 0 spiro atoms. The molecule has 7 heteroatoms. The molecule has 4 nitrogen and oxygen atoms in total. The summed E-state index contributed by atoms with van der Waals surface area (Å²) >= 11 is 5.76. The minimum Gasteiger partial charge on any atom is -0.376 e. The van der Waals surface area contributed by atoms with Crippen LogP contribution in [-0.2, 0) is 14.8 Å². The number of sulfonamides is 1. The molecule has 0 unspecified atom stereocenters. The minimum atomic E-state index is -3.64. The van der Waals surface area contributed by atoms with E-state index in [4.69, 9.17) is 16.3 Å². The van der Waals surface area contributed by atoms with E-state index >= 15 is 0 Å². The van der Waals surface area contributed by atoms with E-state index < -0.39 is 21.1 Å². The molecule has 0 amide bonds. The van der Waals surface area contributed by atoms with Crippen LogP contribution in [0.1, 0.15) is 0 Å². The van der Waals surface area contributed by atoms with Crippen molar-refractivity contribution in [1.82, 2.24) is 0 Å². The third-order valence-electron chi connectivity index (χ3n) is 2.43. The molecule has 0 fully saturated rings. The predicted molar refractivity (Wildman–Crippen MR) is 67.7 cm³/mol. The molecule has 0 saturated carbocycles. The van der Waals surface area contributed by atoms with Gasteiger partial charge in [0.15, 0.2) is 0 Å². The van der Waals surface area contributed by atoms with Gasteiger partial charge in [-0.1, -0.05) is 23.8 Å². The summed E-state index contributed by atoms with van der Waals surface area (Å²) in [7, 11) is -3.64. The van der Waals surface area contributed by atoms with Crippen LogP contribution >= 0.6 is 11.6 Å².